The van der Waals surface area contributed by atoms with Gasteiger partial charge < -0.3 is 24.4 Å². The number of carboxylic acid groups (broad SMARTS) is 1. The summed E-state index contributed by atoms with van der Waals surface area (Å²) in [5.41, 5.74) is 2.09. The number of piperidine rings is 1. The molecule has 1 atom stereocenters. The second-order valence-electron chi connectivity index (χ2n) is 7.28. The summed E-state index contributed by atoms with van der Waals surface area (Å²) in [6.07, 6.45) is 1.72. The van der Waals surface area contributed by atoms with E-state index >= 15 is 0 Å². The van der Waals surface area contributed by atoms with Crippen LogP contribution in [0.25, 0.3) is 0 Å². The Morgan fingerprint density at radius 3 is 2.36 bits per heavy atom. The van der Waals surface area contributed by atoms with E-state index in [1.54, 1.807) is 0 Å². The molecule has 0 amide bonds. The number of ether oxygens (including phenoxy) is 2. The van der Waals surface area contributed by atoms with Gasteiger partial charge in [0.25, 0.3) is 0 Å². The molecule has 6 heteroatoms. The van der Waals surface area contributed by atoms with Crippen molar-refractivity contribution in [1.29, 1.82) is 0 Å². The molecule has 1 saturated heterocycles. The van der Waals surface area contributed by atoms with Crippen molar-refractivity contribution in [3.63, 3.8) is 0 Å². The van der Waals surface area contributed by atoms with Gasteiger partial charge >= 0.3 is 5.97 Å². The van der Waals surface area contributed by atoms with Crippen LogP contribution in [0.3, 0.4) is 0 Å². The summed E-state index contributed by atoms with van der Waals surface area (Å²) in [6, 6.07) is 16.1. The summed E-state index contributed by atoms with van der Waals surface area (Å²) in [5, 5.41) is 9.20. The number of carboxylic acids is 1. The molecule has 2 aromatic carbocycles. The van der Waals surface area contributed by atoms with E-state index < -0.39 is 5.97 Å². The van der Waals surface area contributed by atoms with Crippen LogP contribution in [-0.4, -0.2) is 55.4 Å². The van der Waals surface area contributed by atoms with Gasteiger partial charge in [0.15, 0.2) is 11.5 Å². The smallest absolute Gasteiger partial charge is 0.307 e. The average Bonchev–Trinajstić information content (AvgIpc) is 2.73. The Hall–Kier alpha value is -2.57. The average molecular weight is 382 g/mol. The summed E-state index contributed by atoms with van der Waals surface area (Å²) in [4.78, 5) is 15.6. The van der Waals surface area contributed by atoms with Crippen molar-refractivity contribution in [2.45, 2.75) is 12.8 Å². The fourth-order valence-electron chi connectivity index (χ4n) is 3.93. The first kappa shape index (κ1) is 18.8. The summed E-state index contributed by atoms with van der Waals surface area (Å²) < 4.78 is 11.9. The van der Waals surface area contributed by atoms with E-state index in [-0.39, 0.29) is 5.92 Å². The third-order valence-corrected chi connectivity index (χ3v) is 5.40. The zero-order valence-corrected chi connectivity index (χ0v) is 15.9. The van der Waals surface area contributed by atoms with Crippen molar-refractivity contribution in [2.24, 2.45) is 5.92 Å². The molecule has 4 rings (SSSR count). The predicted molar refractivity (Wildman–Crippen MR) is 108 cm³/mol. The van der Waals surface area contributed by atoms with Crippen LogP contribution in [-0.2, 0) is 9.53 Å². The number of rotatable bonds is 7. The van der Waals surface area contributed by atoms with Gasteiger partial charge in [0, 0.05) is 19.6 Å². The van der Waals surface area contributed by atoms with Crippen molar-refractivity contribution in [3.05, 3.63) is 48.5 Å². The van der Waals surface area contributed by atoms with Crippen LogP contribution < -0.4 is 9.64 Å². The van der Waals surface area contributed by atoms with Gasteiger partial charge in [-0.15, -0.1) is 0 Å². The van der Waals surface area contributed by atoms with Gasteiger partial charge in [-0.25, -0.2) is 0 Å². The van der Waals surface area contributed by atoms with E-state index in [0.29, 0.717) is 19.8 Å². The molecule has 1 N–H and O–H groups in total. The summed E-state index contributed by atoms with van der Waals surface area (Å²) in [6.45, 7) is 4.30. The van der Waals surface area contributed by atoms with Gasteiger partial charge in [-0.3, -0.25) is 4.79 Å². The zero-order chi connectivity index (χ0) is 19.3. The molecule has 148 valence electrons. The molecular formula is C22H26N2O4. The fourth-order valence-corrected chi connectivity index (χ4v) is 3.93. The van der Waals surface area contributed by atoms with Crippen LogP contribution in [0.1, 0.15) is 12.8 Å². The molecule has 28 heavy (non-hydrogen) atoms. The van der Waals surface area contributed by atoms with E-state index in [4.69, 9.17) is 9.47 Å². The van der Waals surface area contributed by atoms with Gasteiger partial charge in [-0.1, -0.05) is 24.3 Å². The van der Waals surface area contributed by atoms with Crippen LogP contribution in [0.5, 0.6) is 11.5 Å². The minimum Gasteiger partial charge on any atom is -0.481 e. The molecule has 0 radical (unpaired) electrons. The molecule has 2 aliphatic heterocycles. The molecule has 1 fully saturated rings. The number of likely N-dealkylation sites (tertiary alicyclic amines) is 1. The number of aliphatic carboxylic acids is 1. The number of anilines is 2. The van der Waals surface area contributed by atoms with Gasteiger partial charge in [-0.2, -0.15) is 0 Å². The molecular weight excluding hydrogens is 356 g/mol. The van der Waals surface area contributed by atoms with E-state index in [1.165, 1.54) is 0 Å². The predicted octanol–water partition coefficient (Wildman–Crippen LogP) is 3.74. The maximum Gasteiger partial charge on any atom is 0.307 e. The number of fused-ring (bicyclic) bond motifs is 2. The lowest BCUT2D eigenvalue weighted by Gasteiger charge is -2.33. The van der Waals surface area contributed by atoms with Gasteiger partial charge in [0.1, 0.15) is 0 Å². The third-order valence-electron chi connectivity index (χ3n) is 5.40. The molecule has 0 aliphatic carbocycles. The van der Waals surface area contributed by atoms with Gasteiger partial charge in [-0.05, 0) is 43.7 Å². The van der Waals surface area contributed by atoms with Crippen molar-refractivity contribution >= 4 is 17.3 Å². The van der Waals surface area contributed by atoms with E-state index in [1.807, 2.05) is 36.4 Å². The summed E-state index contributed by atoms with van der Waals surface area (Å²) in [5.74, 6) is 0.786. The van der Waals surface area contributed by atoms with Crippen LogP contribution in [0.2, 0.25) is 0 Å². The first-order chi connectivity index (χ1) is 13.7. The Balaban J connectivity index is 1.30. The molecule has 0 aromatic heterocycles. The highest BCUT2D eigenvalue weighted by atomic mass is 16.5. The molecule has 1 unspecified atom stereocenters. The highest BCUT2D eigenvalue weighted by Crippen LogP contribution is 2.45. The van der Waals surface area contributed by atoms with Crippen molar-refractivity contribution in [1.82, 2.24) is 4.90 Å². The van der Waals surface area contributed by atoms with Crippen LogP contribution in [0.4, 0.5) is 11.4 Å². The van der Waals surface area contributed by atoms with Crippen LogP contribution >= 0.6 is 0 Å². The van der Waals surface area contributed by atoms with Crippen molar-refractivity contribution in [2.75, 3.05) is 44.3 Å². The quantitative estimate of drug-likeness (QED) is 0.736. The van der Waals surface area contributed by atoms with E-state index in [0.717, 1.165) is 55.3 Å². The number of nitrogens with zero attached hydrogens (tertiary/aromatic N) is 2. The lowest BCUT2D eigenvalue weighted by atomic mass is 9.98. The monoisotopic (exact) mass is 382 g/mol. The second kappa shape index (κ2) is 8.63. The number of hydrogen-bond acceptors (Lipinski definition) is 5. The first-order valence-corrected chi connectivity index (χ1v) is 9.89. The van der Waals surface area contributed by atoms with E-state index in [2.05, 4.69) is 21.9 Å². The molecule has 0 spiro atoms. The maximum absolute atomic E-state index is 11.2. The normalized spacial score (nSPS) is 18.9. The van der Waals surface area contributed by atoms with Crippen LogP contribution in [0.15, 0.2) is 48.5 Å². The number of hydrogen-bond donors (Lipinski definition) is 1. The summed E-state index contributed by atoms with van der Waals surface area (Å²) >= 11 is 0. The Morgan fingerprint density at radius 2 is 1.68 bits per heavy atom. The molecule has 0 saturated carbocycles. The molecule has 6 nitrogen and oxygen atoms in total. The molecule has 0 bridgehead atoms. The zero-order valence-electron chi connectivity index (χ0n) is 15.9. The number of benzene rings is 2. The second-order valence-corrected chi connectivity index (χ2v) is 7.28. The number of carbonyl (C=O) groups is 1. The minimum atomic E-state index is -0.685. The topological polar surface area (TPSA) is 62.2 Å². The molecule has 2 aliphatic rings. The standard InChI is InChI=1S/C22H26N2O4/c25-22(26)17-6-5-11-23(16-17)12-14-27-15-13-24-18-7-1-3-9-20(18)28-21-10-4-2-8-19(21)24/h1-4,7-10,17H,5-6,11-16H2,(H,25,26). The lowest BCUT2D eigenvalue weighted by molar-refractivity contribution is -0.143. The largest absolute Gasteiger partial charge is 0.481 e. The van der Waals surface area contributed by atoms with Gasteiger partial charge in [0.05, 0.1) is 30.5 Å². The van der Waals surface area contributed by atoms with Crippen molar-refractivity contribution < 1.29 is 19.4 Å². The minimum absolute atomic E-state index is 0.241. The Morgan fingerprint density at radius 1 is 1.04 bits per heavy atom. The highest BCUT2D eigenvalue weighted by Gasteiger charge is 2.25. The SMILES string of the molecule is O=C(O)C1CCCN(CCOCCN2c3ccccc3Oc3ccccc32)C1. The Labute approximate surface area is 165 Å². The molecule has 2 heterocycles. The number of para-hydroxylation sites is 4. The van der Waals surface area contributed by atoms with Crippen LogP contribution in [0, 0.1) is 5.92 Å². The fraction of sp³-hybridized carbons (Fsp3) is 0.409. The maximum atomic E-state index is 11.2. The summed E-state index contributed by atoms with van der Waals surface area (Å²) in [7, 11) is 0. The first-order valence-electron chi connectivity index (χ1n) is 9.89. The highest BCUT2D eigenvalue weighted by molar-refractivity contribution is 5.77. The third kappa shape index (κ3) is 4.13. The van der Waals surface area contributed by atoms with E-state index in [9.17, 15) is 9.90 Å². The van der Waals surface area contributed by atoms with Crippen molar-refractivity contribution in [3.8, 4) is 11.5 Å². The Kier molecular flexibility index (Phi) is 5.78. The van der Waals surface area contributed by atoms with Gasteiger partial charge in [0.2, 0.25) is 0 Å². The Bertz CT molecular complexity index is 780. The lowest BCUT2D eigenvalue weighted by Crippen LogP contribution is -2.40. The molecule has 2 aromatic rings.